The third kappa shape index (κ3) is 3.11. The summed E-state index contributed by atoms with van der Waals surface area (Å²) in [5, 5.41) is 7.53. The average Bonchev–Trinajstić information content (AvgIpc) is 3.15. The Morgan fingerprint density at radius 2 is 2.00 bits per heavy atom. The monoisotopic (exact) mass is 323 g/mol. The van der Waals surface area contributed by atoms with Crippen LogP contribution in [0.4, 0.5) is 0 Å². The number of rotatable bonds is 4. The Bertz CT molecular complexity index is 861. The molecule has 3 rings (SSSR count). The smallest absolute Gasteiger partial charge is 0.270 e. The number of benzene rings is 1. The number of aromatic nitrogens is 2. The number of hydrogen-bond acceptors (Lipinski definition) is 3. The molecule has 0 bridgehead atoms. The fourth-order valence-electron chi connectivity index (χ4n) is 2.65. The van der Waals surface area contributed by atoms with E-state index in [1.165, 1.54) is 5.56 Å². The molecule has 0 aliphatic rings. The lowest BCUT2D eigenvalue weighted by Gasteiger charge is -2.12. The van der Waals surface area contributed by atoms with Gasteiger partial charge >= 0.3 is 0 Å². The number of carbonyl (C=O) groups excluding carboxylic acids is 1. The lowest BCUT2D eigenvalue weighted by atomic mass is 10.1. The van der Waals surface area contributed by atoms with Crippen molar-refractivity contribution in [2.24, 2.45) is 0 Å². The van der Waals surface area contributed by atoms with Gasteiger partial charge in [0.05, 0.1) is 12.0 Å². The van der Waals surface area contributed by atoms with Crippen LogP contribution in [0.15, 0.2) is 47.1 Å². The van der Waals surface area contributed by atoms with Gasteiger partial charge in [-0.1, -0.05) is 17.7 Å². The summed E-state index contributed by atoms with van der Waals surface area (Å²) in [4.78, 5) is 12.6. The summed E-state index contributed by atoms with van der Waals surface area (Å²) in [6.07, 6.45) is 1.60. The number of hydrogen-bond donors (Lipinski definition) is 1. The van der Waals surface area contributed by atoms with Gasteiger partial charge in [-0.2, -0.15) is 5.10 Å². The van der Waals surface area contributed by atoms with Gasteiger partial charge in [-0.25, -0.2) is 4.68 Å². The molecule has 1 amide bonds. The van der Waals surface area contributed by atoms with Gasteiger partial charge in [-0.3, -0.25) is 4.79 Å². The Morgan fingerprint density at radius 1 is 1.21 bits per heavy atom. The van der Waals surface area contributed by atoms with Gasteiger partial charge in [-0.15, -0.1) is 0 Å². The zero-order valence-corrected chi connectivity index (χ0v) is 14.3. The van der Waals surface area contributed by atoms with E-state index in [-0.39, 0.29) is 11.9 Å². The minimum absolute atomic E-state index is 0.0482. The van der Waals surface area contributed by atoms with Gasteiger partial charge in [0.25, 0.3) is 5.91 Å². The lowest BCUT2D eigenvalue weighted by molar-refractivity contribution is 0.0935. The van der Waals surface area contributed by atoms with Gasteiger partial charge in [-0.05, 0) is 51.5 Å². The van der Waals surface area contributed by atoms with Crippen molar-refractivity contribution in [3.8, 4) is 17.1 Å². The van der Waals surface area contributed by atoms with Gasteiger partial charge in [0, 0.05) is 12.1 Å². The first-order valence-electron chi connectivity index (χ1n) is 7.98. The molecule has 1 aromatic carbocycles. The van der Waals surface area contributed by atoms with Crippen molar-refractivity contribution in [2.75, 3.05) is 0 Å². The molecular formula is C19H21N3O2. The van der Waals surface area contributed by atoms with Crippen LogP contribution in [0.2, 0.25) is 0 Å². The van der Waals surface area contributed by atoms with E-state index in [9.17, 15) is 4.79 Å². The molecule has 24 heavy (non-hydrogen) atoms. The molecule has 5 nitrogen and oxygen atoms in total. The maximum atomic E-state index is 12.6. The Morgan fingerprint density at radius 3 is 2.62 bits per heavy atom. The molecule has 3 aromatic rings. The largest absolute Gasteiger partial charge is 0.463 e. The maximum absolute atomic E-state index is 12.6. The van der Waals surface area contributed by atoms with Crippen LogP contribution in [-0.4, -0.2) is 21.7 Å². The molecule has 2 aromatic heterocycles. The molecule has 0 atom stereocenters. The molecule has 5 heteroatoms. The van der Waals surface area contributed by atoms with Crippen LogP contribution in [0.5, 0.6) is 0 Å². The van der Waals surface area contributed by atoms with Crippen molar-refractivity contribution in [1.29, 1.82) is 0 Å². The summed E-state index contributed by atoms with van der Waals surface area (Å²) >= 11 is 0. The highest BCUT2D eigenvalue weighted by atomic mass is 16.3. The molecule has 0 radical (unpaired) electrons. The summed E-state index contributed by atoms with van der Waals surface area (Å²) in [6, 6.07) is 11.5. The number of nitrogens with one attached hydrogen (secondary N) is 1. The van der Waals surface area contributed by atoms with E-state index in [2.05, 4.69) is 16.5 Å². The van der Waals surface area contributed by atoms with E-state index >= 15 is 0 Å². The predicted octanol–water partition coefficient (Wildman–Crippen LogP) is 3.89. The van der Waals surface area contributed by atoms with Crippen LogP contribution in [0, 0.1) is 13.8 Å². The number of nitrogens with zero attached hydrogens (tertiary/aromatic N) is 2. The first-order chi connectivity index (χ1) is 11.5. The van der Waals surface area contributed by atoms with Crippen LogP contribution < -0.4 is 5.32 Å². The molecule has 0 spiro atoms. The second-order valence-corrected chi connectivity index (χ2v) is 6.22. The van der Waals surface area contributed by atoms with Gasteiger partial charge in [0.1, 0.15) is 11.4 Å². The molecule has 0 unspecified atom stereocenters. The van der Waals surface area contributed by atoms with Crippen LogP contribution in [0.1, 0.15) is 35.5 Å². The third-order valence-corrected chi connectivity index (χ3v) is 3.72. The topological polar surface area (TPSA) is 60.1 Å². The second kappa shape index (κ2) is 6.35. The Kier molecular flexibility index (Phi) is 4.25. The standard InChI is InChI=1S/C19H21N3O2/c1-12(2)20-19(23)17-11-15(18-6-5-9-24-18)21-22(17)16-8-7-13(3)10-14(16)4/h5-12H,1-4H3,(H,20,23). The fourth-order valence-corrected chi connectivity index (χ4v) is 2.65. The summed E-state index contributed by atoms with van der Waals surface area (Å²) < 4.78 is 7.11. The molecule has 0 fully saturated rings. The SMILES string of the molecule is Cc1ccc(-n2nc(-c3ccco3)cc2C(=O)NC(C)C)c(C)c1. The first-order valence-corrected chi connectivity index (χ1v) is 7.98. The van der Waals surface area contributed by atoms with Crippen molar-refractivity contribution in [1.82, 2.24) is 15.1 Å². The normalized spacial score (nSPS) is 11.0. The van der Waals surface area contributed by atoms with Crippen molar-refractivity contribution in [3.05, 3.63) is 59.5 Å². The number of amides is 1. The fraction of sp³-hybridized carbons (Fsp3) is 0.263. The van der Waals surface area contributed by atoms with Crippen molar-refractivity contribution < 1.29 is 9.21 Å². The van der Waals surface area contributed by atoms with Crippen molar-refractivity contribution in [2.45, 2.75) is 33.7 Å². The summed E-state index contributed by atoms with van der Waals surface area (Å²) in [6.45, 7) is 7.92. The number of furan rings is 1. The number of aryl methyl sites for hydroxylation is 2. The zero-order valence-electron chi connectivity index (χ0n) is 14.3. The van der Waals surface area contributed by atoms with E-state index in [1.807, 2.05) is 45.9 Å². The Labute approximate surface area is 141 Å². The van der Waals surface area contributed by atoms with Gasteiger partial charge in [0.2, 0.25) is 0 Å². The highest BCUT2D eigenvalue weighted by Gasteiger charge is 2.20. The summed E-state index contributed by atoms with van der Waals surface area (Å²) in [5.41, 5.74) is 4.23. The van der Waals surface area contributed by atoms with Gasteiger partial charge in [0.15, 0.2) is 5.76 Å². The molecule has 0 aliphatic carbocycles. The van der Waals surface area contributed by atoms with Crippen molar-refractivity contribution >= 4 is 5.91 Å². The van der Waals surface area contributed by atoms with E-state index in [0.29, 0.717) is 17.1 Å². The highest BCUT2D eigenvalue weighted by Crippen LogP contribution is 2.24. The van der Waals surface area contributed by atoms with Crippen LogP contribution in [0.25, 0.3) is 17.1 Å². The number of carbonyl (C=O) groups is 1. The quantitative estimate of drug-likeness (QED) is 0.792. The molecule has 0 saturated heterocycles. The van der Waals surface area contributed by atoms with Gasteiger partial charge < -0.3 is 9.73 Å². The maximum Gasteiger partial charge on any atom is 0.270 e. The third-order valence-electron chi connectivity index (χ3n) is 3.72. The molecular weight excluding hydrogens is 302 g/mol. The predicted molar refractivity (Wildman–Crippen MR) is 93.3 cm³/mol. The zero-order chi connectivity index (χ0) is 17.3. The highest BCUT2D eigenvalue weighted by molar-refractivity contribution is 5.94. The lowest BCUT2D eigenvalue weighted by Crippen LogP contribution is -2.31. The average molecular weight is 323 g/mol. The minimum Gasteiger partial charge on any atom is -0.463 e. The molecule has 1 N–H and O–H groups in total. The van der Waals surface area contributed by atoms with Crippen molar-refractivity contribution in [3.63, 3.8) is 0 Å². The van der Waals surface area contributed by atoms with Crippen LogP contribution in [0.3, 0.4) is 0 Å². The van der Waals surface area contributed by atoms with E-state index in [4.69, 9.17) is 4.42 Å². The summed E-state index contributed by atoms with van der Waals surface area (Å²) in [5.74, 6) is 0.479. The van der Waals surface area contributed by atoms with Crippen LogP contribution >= 0.6 is 0 Å². The van der Waals surface area contributed by atoms with E-state index in [0.717, 1.165) is 11.3 Å². The second-order valence-electron chi connectivity index (χ2n) is 6.22. The Balaban J connectivity index is 2.13. The van der Waals surface area contributed by atoms with E-state index < -0.39 is 0 Å². The Hall–Kier alpha value is -2.82. The summed E-state index contributed by atoms with van der Waals surface area (Å²) in [7, 11) is 0. The minimum atomic E-state index is -0.157. The molecule has 0 saturated carbocycles. The molecule has 2 heterocycles. The molecule has 0 aliphatic heterocycles. The first kappa shape index (κ1) is 16.1. The van der Waals surface area contributed by atoms with E-state index in [1.54, 1.807) is 23.1 Å². The van der Waals surface area contributed by atoms with Crippen LogP contribution in [-0.2, 0) is 0 Å². The molecule has 124 valence electrons.